The molecule has 4 nitrogen and oxygen atoms in total. The Morgan fingerprint density at radius 2 is 1.86 bits per heavy atom. The average molecular weight is 315 g/mol. The summed E-state index contributed by atoms with van der Waals surface area (Å²) < 4.78 is 1.79. The molecule has 0 aliphatic heterocycles. The van der Waals surface area contributed by atoms with Crippen molar-refractivity contribution >= 4 is 16.3 Å². The fourth-order valence-corrected chi connectivity index (χ4v) is 3.34. The molecule has 0 aliphatic carbocycles. The first kappa shape index (κ1) is 15.2. The molecule has 1 aromatic carbocycles. The van der Waals surface area contributed by atoms with E-state index in [2.05, 4.69) is 57.1 Å². The number of aliphatic hydroxyl groups excluding tert-OH is 1. The summed E-state index contributed by atoms with van der Waals surface area (Å²) in [7, 11) is 0. The van der Waals surface area contributed by atoms with Crippen molar-refractivity contribution < 1.29 is 5.11 Å². The summed E-state index contributed by atoms with van der Waals surface area (Å²) >= 11 is 1.59. The molecule has 2 aromatic heterocycles. The minimum Gasteiger partial charge on any atom is -0.390 e. The van der Waals surface area contributed by atoms with Crippen molar-refractivity contribution in [2.45, 2.75) is 46.1 Å². The molecule has 0 unspecified atom stereocenters. The molecule has 0 saturated carbocycles. The van der Waals surface area contributed by atoms with Gasteiger partial charge in [0.2, 0.25) is 4.96 Å². The van der Waals surface area contributed by atoms with E-state index in [-0.39, 0.29) is 12.0 Å². The molecule has 1 N–H and O–H groups in total. The predicted molar refractivity (Wildman–Crippen MR) is 90.3 cm³/mol. The lowest BCUT2D eigenvalue weighted by atomic mass is 9.98. The van der Waals surface area contributed by atoms with Gasteiger partial charge in [-0.05, 0) is 12.0 Å². The summed E-state index contributed by atoms with van der Waals surface area (Å²) in [4.78, 5) is 5.54. The summed E-state index contributed by atoms with van der Waals surface area (Å²) in [5.74, 6) is 0. The predicted octanol–water partition coefficient (Wildman–Crippen LogP) is 3.81. The Morgan fingerprint density at radius 3 is 2.41 bits per heavy atom. The van der Waals surface area contributed by atoms with Crippen molar-refractivity contribution in [1.29, 1.82) is 0 Å². The highest BCUT2D eigenvalue weighted by atomic mass is 32.1. The van der Waals surface area contributed by atoms with Crippen LogP contribution in [-0.4, -0.2) is 19.7 Å². The van der Waals surface area contributed by atoms with E-state index in [1.54, 1.807) is 15.9 Å². The smallest absolute Gasteiger partial charge is 0.213 e. The van der Waals surface area contributed by atoms with E-state index in [4.69, 9.17) is 4.98 Å². The maximum absolute atomic E-state index is 9.78. The minimum atomic E-state index is -0.0701. The van der Waals surface area contributed by atoms with Crippen LogP contribution in [0.2, 0.25) is 0 Å². The molecule has 22 heavy (non-hydrogen) atoms. The lowest BCUT2D eigenvalue weighted by Gasteiger charge is -2.12. The van der Waals surface area contributed by atoms with Gasteiger partial charge in [0, 0.05) is 11.0 Å². The molecule has 116 valence electrons. The average Bonchev–Trinajstić information content (AvgIpc) is 3.04. The van der Waals surface area contributed by atoms with Crippen LogP contribution in [-0.2, 0) is 18.4 Å². The Morgan fingerprint density at radius 1 is 1.18 bits per heavy atom. The largest absolute Gasteiger partial charge is 0.390 e. The molecule has 0 fully saturated rings. The first-order valence-electron chi connectivity index (χ1n) is 7.53. The highest BCUT2D eigenvalue weighted by molar-refractivity contribution is 7.16. The number of hydrogen-bond acceptors (Lipinski definition) is 4. The normalized spacial score (nSPS) is 12.2. The van der Waals surface area contributed by atoms with Gasteiger partial charge in [0.05, 0.1) is 18.0 Å². The van der Waals surface area contributed by atoms with Gasteiger partial charge in [-0.2, -0.15) is 5.10 Å². The summed E-state index contributed by atoms with van der Waals surface area (Å²) in [6, 6.07) is 8.35. The number of imidazole rings is 1. The summed E-state index contributed by atoms with van der Waals surface area (Å²) in [5.41, 5.74) is 3.89. The standard InChI is InChI=1S/C17H21N3OS/c1-5-11-6-8-12(9-7-11)14-13(10-21)20-16(18-14)22-15(19-20)17(2,3)4/h6-9,21H,5,10H2,1-4H3. The Balaban J connectivity index is 2.11. The van der Waals surface area contributed by atoms with Crippen molar-refractivity contribution in [3.63, 3.8) is 0 Å². The van der Waals surface area contributed by atoms with Crippen LogP contribution in [0.1, 0.15) is 44.0 Å². The van der Waals surface area contributed by atoms with Crippen molar-refractivity contribution in [2.24, 2.45) is 0 Å². The van der Waals surface area contributed by atoms with Crippen LogP contribution in [0.4, 0.5) is 0 Å². The molecular weight excluding hydrogens is 294 g/mol. The Bertz CT molecular complexity index is 794. The number of aliphatic hydroxyl groups is 1. The molecule has 3 rings (SSSR count). The molecule has 0 radical (unpaired) electrons. The third-order valence-corrected chi connectivity index (χ3v) is 5.06. The first-order valence-corrected chi connectivity index (χ1v) is 8.34. The fourth-order valence-electron chi connectivity index (χ4n) is 2.36. The number of fused-ring (bicyclic) bond motifs is 1. The maximum atomic E-state index is 9.78. The zero-order valence-corrected chi connectivity index (χ0v) is 14.2. The monoisotopic (exact) mass is 315 g/mol. The number of benzene rings is 1. The van der Waals surface area contributed by atoms with Crippen LogP contribution >= 0.6 is 11.3 Å². The molecular formula is C17H21N3OS. The van der Waals surface area contributed by atoms with E-state index >= 15 is 0 Å². The number of aryl methyl sites for hydroxylation is 1. The van der Waals surface area contributed by atoms with E-state index in [9.17, 15) is 5.11 Å². The van der Waals surface area contributed by atoms with Crippen LogP contribution < -0.4 is 0 Å². The highest BCUT2D eigenvalue weighted by Crippen LogP contribution is 2.31. The van der Waals surface area contributed by atoms with Gasteiger partial charge in [-0.3, -0.25) is 0 Å². The molecule has 3 aromatic rings. The van der Waals surface area contributed by atoms with Crippen molar-refractivity contribution in [2.75, 3.05) is 0 Å². The van der Waals surface area contributed by atoms with Crippen molar-refractivity contribution in [3.8, 4) is 11.3 Å². The number of rotatable bonds is 3. The molecule has 5 heteroatoms. The summed E-state index contributed by atoms with van der Waals surface area (Å²) in [6.45, 7) is 8.47. The van der Waals surface area contributed by atoms with Gasteiger partial charge in [0.1, 0.15) is 5.01 Å². The fraction of sp³-hybridized carbons (Fsp3) is 0.412. The molecule has 0 amide bonds. The topological polar surface area (TPSA) is 50.4 Å². The lowest BCUT2D eigenvalue weighted by molar-refractivity contribution is 0.274. The summed E-state index contributed by atoms with van der Waals surface area (Å²) in [6.07, 6.45) is 1.02. The van der Waals surface area contributed by atoms with Gasteiger partial charge in [-0.25, -0.2) is 9.50 Å². The zero-order valence-electron chi connectivity index (χ0n) is 13.4. The molecule has 0 spiro atoms. The van der Waals surface area contributed by atoms with Crippen molar-refractivity contribution in [1.82, 2.24) is 14.6 Å². The van der Waals surface area contributed by atoms with Crippen LogP contribution in [0, 0.1) is 0 Å². The second kappa shape index (κ2) is 5.48. The Labute approximate surface area is 134 Å². The zero-order chi connectivity index (χ0) is 15.9. The van der Waals surface area contributed by atoms with E-state index in [1.165, 1.54) is 5.56 Å². The van der Waals surface area contributed by atoms with Gasteiger partial charge in [-0.15, -0.1) is 0 Å². The highest BCUT2D eigenvalue weighted by Gasteiger charge is 2.23. The summed E-state index contributed by atoms with van der Waals surface area (Å²) in [5, 5.41) is 15.5. The van der Waals surface area contributed by atoms with Gasteiger partial charge in [-0.1, -0.05) is 63.3 Å². The molecule has 0 bridgehead atoms. The Kier molecular flexibility index (Phi) is 3.78. The Hall–Kier alpha value is -1.72. The SMILES string of the molecule is CCc1ccc(-c2nc3sc(C(C)(C)C)nn3c2CO)cc1. The number of hydrogen-bond donors (Lipinski definition) is 1. The van der Waals surface area contributed by atoms with E-state index in [0.717, 1.165) is 33.3 Å². The molecule has 2 heterocycles. The second-order valence-electron chi connectivity index (χ2n) is 6.47. The van der Waals surface area contributed by atoms with Crippen molar-refractivity contribution in [3.05, 3.63) is 40.5 Å². The van der Waals surface area contributed by atoms with Gasteiger partial charge >= 0.3 is 0 Å². The second-order valence-corrected chi connectivity index (χ2v) is 7.42. The minimum absolute atomic E-state index is 0.0129. The third-order valence-electron chi connectivity index (χ3n) is 3.72. The van der Waals surface area contributed by atoms with Crippen LogP contribution in [0.5, 0.6) is 0 Å². The van der Waals surface area contributed by atoms with E-state index in [1.807, 2.05) is 0 Å². The lowest BCUT2D eigenvalue weighted by Crippen LogP contribution is -2.11. The van der Waals surface area contributed by atoms with E-state index in [0.29, 0.717) is 0 Å². The molecule has 0 atom stereocenters. The quantitative estimate of drug-likeness (QED) is 0.799. The first-order chi connectivity index (χ1) is 10.4. The van der Waals surface area contributed by atoms with E-state index < -0.39 is 0 Å². The van der Waals surface area contributed by atoms with Crippen LogP contribution in [0.3, 0.4) is 0 Å². The number of nitrogens with zero attached hydrogens (tertiary/aromatic N) is 3. The molecule has 0 saturated heterocycles. The number of aromatic nitrogens is 3. The molecule has 0 aliphatic rings. The van der Waals surface area contributed by atoms with Crippen LogP contribution in [0.25, 0.3) is 16.2 Å². The van der Waals surface area contributed by atoms with Gasteiger partial charge < -0.3 is 5.11 Å². The maximum Gasteiger partial charge on any atom is 0.213 e. The van der Waals surface area contributed by atoms with Gasteiger partial charge in [0.15, 0.2) is 0 Å². The van der Waals surface area contributed by atoms with Crippen LogP contribution in [0.15, 0.2) is 24.3 Å². The third kappa shape index (κ3) is 2.55. The van der Waals surface area contributed by atoms with Gasteiger partial charge in [0.25, 0.3) is 0 Å².